The predicted molar refractivity (Wildman–Crippen MR) is 129 cm³/mol. The molecule has 31 heavy (non-hydrogen) atoms. The van der Waals surface area contributed by atoms with Crippen LogP contribution in [0.4, 0.5) is 0 Å². The van der Waals surface area contributed by atoms with Crippen LogP contribution >= 0.6 is 0 Å². The lowest BCUT2D eigenvalue weighted by Gasteiger charge is -2.62. The van der Waals surface area contributed by atoms with E-state index in [4.69, 9.17) is 0 Å². The van der Waals surface area contributed by atoms with E-state index in [9.17, 15) is 9.90 Å². The molecule has 2 saturated heterocycles. The summed E-state index contributed by atoms with van der Waals surface area (Å²) in [6.07, 6.45) is 4.32. The van der Waals surface area contributed by atoms with E-state index >= 15 is 0 Å². The number of carbonyl (C=O) groups is 1. The van der Waals surface area contributed by atoms with Gasteiger partial charge in [0.2, 0.25) is 6.41 Å². The van der Waals surface area contributed by atoms with Crippen LogP contribution in [0.5, 0.6) is 5.75 Å². The molecule has 0 saturated carbocycles. The highest BCUT2D eigenvalue weighted by Crippen LogP contribution is 2.55. The molecule has 0 radical (unpaired) electrons. The van der Waals surface area contributed by atoms with Crippen LogP contribution in [-0.4, -0.2) is 59.6 Å². The number of piperidine rings is 1. The molecular formula is C26H45N3O2. The minimum atomic E-state index is 0.276. The third-order valence-electron chi connectivity index (χ3n) is 6.87. The fraction of sp³-hybridized carbons (Fsp3) is 0.731. The highest BCUT2D eigenvalue weighted by molar-refractivity contribution is 5.47. The quantitative estimate of drug-likeness (QED) is 0.657. The minimum Gasteiger partial charge on any atom is -0.508 e. The third-order valence-corrected chi connectivity index (χ3v) is 6.87. The molecule has 1 aromatic carbocycles. The lowest BCUT2D eigenvalue weighted by Crippen LogP contribution is -2.63. The van der Waals surface area contributed by atoms with E-state index in [-0.39, 0.29) is 5.54 Å². The molecule has 0 aliphatic carbocycles. The van der Waals surface area contributed by atoms with Crippen LogP contribution in [0.15, 0.2) is 24.3 Å². The van der Waals surface area contributed by atoms with E-state index in [2.05, 4.69) is 58.7 Å². The molecule has 1 unspecified atom stereocenters. The van der Waals surface area contributed by atoms with Gasteiger partial charge in [-0.3, -0.25) is 9.69 Å². The lowest BCUT2D eigenvalue weighted by atomic mass is 9.62. The average molecular weight is 432 g/mol. The predicted octanol–water partition coefficient (Wildman–Crippen LogP) is 4.82. The Hall–Kier alpha value is -1.59. The second kappa shape index (κ2) is 9.91. The summed E-state index contributed by atoms with van der Waals surface area (Å²) in [5, 5.41) is 12.8. The van der Waals surface area contributed by atoms with Crippen molar-refractivity contribution < 1.29 is 9.90 Å². The molecule has 0 aromatic heterocycles. The Morgan fingerprint density at radius 3 is 2.06 bits per heavy atom. The highest BCUT2D eigenvalue weighted by Gasteiger charge is 2.54. The molecule has 2 fully saturated rings. The van der Waals surface area contributed by atoms with Gasteiger partial charge >= 0.3 is 0 Å². The van der Waals surface area contributed by atoms with Crippen LogP contribution in [0.2, 0.25) is 0 Å². The third kappa shape index (κ3) is 6.69. The number of nitrogens with zero attached hydrogens (tertiary/aromatic N) is 2. The highest BCUT2D eigenvalue weighted by atomic mass is 16.3. The molecule has 2 aliphatic rings. The molecule has 1 spiro atoms. The Kier molecular flexibility index (Phi) is 8.21. The number of amides is 1. The Balaban J connectivity index is 0.000000291. The zero-order valence-corrected chi connectivity index (χ0v) is 21.0. The zero-order chi connectivity index (χ0) is 23.4. The van der Waals surface area contributed by atoms with E-state index < -0.39 is 0 Å². The number of benzene rings is 1. The Morgan fingerprint density at radius 2 is 1.68 bits per heavy atom. The van der Waals surface area contributed by atoms with Crippen LogP contribution in [-0.2, 0) is 4.79 Å². The second-order valence-corrected chi connectivity index (χ2v) is 11.6. The van der Waals surface area contributed by atoms with Crippen molar-refractivity contribution in [3.8, 4) is 5.75 Å². The monoisotopic (exact) mass is 431 g/mol. The van der Waals surface area contributed by atoms with Crippen molar-refractivity contribution in [2.75, 3.05) is 26.7 Å². The fourth-order valence-electron chi connectivity index (χ4n) is 5.38. The molecular weight excluding hydrogens is 386 g/mol. The first-order valence-electron chi connectivity index (χ1n) is 11.8. The van der Waals surface area contributed by atoms with Gasteiger partial charge in [-0.05, 0) is 77.1 Å². The van der Waals surface area contributed by atoms with Gasteiger partial charge < -0.3 is 15.3 Å². The Labute approximate surface area is 190 Å². The number of rotatable bonds is 5. The number of nitrogens with one attached hydrogen (secondary N) is 1. The second-order valence-electron chi connectivity index (χ2n) is 11.6. The fourth-order valence-corrected chi connectivity index (χ4v) is 5.38. The number of aromatic hydroxyl groups is 1. The van der Waals surface area contributed by atoms with E-state index in [1.807, 2.05) is 24.1 Å². The standard InChI is InChI=1S/C17H24N2O2.C9H21N/c1-13(2)19-11-17(7-9-18(12-20)10-8-17)16(19)14-3-5-15(21)6-4-14;1-8(2,3)7-9(4,5)10-6/h3-6,12-13,16,21H,7-11H2,1-2H3;10H,7H2,1-6H3. The van der Waals surface area contributed by atoms with Gasteiger partial charge in [0.05, 0.1) is 0 Å². The number of hydrogen-bond acceptors (Lipinski definition) is 4. The summed E-state index contributed by atoms with van der Waals surface area (Å²) in [6.45, 7) is 18.6. The van der Waals surface area contributed by atoms with Crippen molar-refractivity contribution >= 4 is 6.41 Å². The summed E-state index contributed by atoms with van der Waals surface area (Å²) < 4.78 is 0. The molecule has 5 nitrogen and oxygen atoms in total. The largest absolute Gasteiger partial charge is 0.508 e. The summed E-state index contributed by atoms with van der Waals surface area (Å²) in [6, 6.07) is 8.57. The topological polar surface area (TPSA) is 55.8 Å². The molecule has 5 heteroatoms. The van der Waals surface area contributed by atoms with Crippen molar-refractivity contribution in [3.05, 3.63) is 29.8 Å². The minimum absolute atomic E-state index is 0.276. The van der Waals surface area contributed by atoms with Crippen LogP contribution < -0.4 is 5.32 Å². The zero-order valence-electron chi connectivity index (χ0n) is 21.0. The molecule has 1 atom stereocenters. The molecule has 2 heterocycles. The molecule has 2 aliphatic heterocycles. The van der Waals surface area contributed by atoms with Crippen molar-refractivity contribution in [3.63, 3.8) is 0 Å². The average Bonchev–Trinajstić information content (AvgIpc) is 2.67. The first-order valence-corrected chi connectivity index (χ1v) is 11.8. The van der Waals surface area contributed by atoms with Crippen LogP contribution in [0.1, 0.15) is 79.3 Å². The van der Waals surface area contributed by atoms with Gasteiger partial charge in [0, 0.05) is 42.7 Å². The summed E-state index contributed by atoms with van der Waals surface area (Å²) >= 11 is 0. The summed E-state index contributed by atoms with van der Waals surface area (Å²) in [7, 11) is 2.02. The number of carbonyl (C=O) groups excluding carboxylic acids is 1. The maximum absolute atomic E-state index is 10.9. The van der Waals surface area contributed by atoms with E-state index in [1.165, 1.54) is 12.0 Å². The van der Waals surface area contributed by atoms with E-state index in [0.29, 0.717) is 28.7 Å². The van der Waals surface area contributed by atoms with Crippen molar-refractivity contribution in [2.45, 2.75) is 85.4 Å². The van der Waals surface area contributed by atoms with Crippen molar-refractivity contribution in [1.82, 2.24) is 15.1 Å². The summed E-state index contributed by atoms with van der Waals surface area (Å²) in [4.78, 5) is 15.3. The van der Waals surface area contributed by atoms with Gasteiger partial charge in [-0.15, -0.1) is 0 Å². The first kappa shape index (κ1) is 25.7. The van der Waals surface area contributed by atoms with Gasteiger partial charge in [0.25, 0.3) is 0 Å². The summed E-state index contributed by atoms with van der Waals surface area (Å²) in [5.41, 5.74) is 2.28. The molecule has 3 rings (SSSR count). The number of hydrogen-bond donors (Lipinski definition) is 2. The van der Waals surface area contributed by atoms with Gasteiger partial charge in [-0.2, -0.15) is 0 Å². The summed E-state index contributed by atoms with van der Waals surface area (Å²) in [5.74, 6) is 0.319. The number of phenols is 1. The molecule has 1 amide bonds. The SMILES string of the molecule is CC(C)N1CC2(CCN(C=O)CC2)C1c1ccc(O)cc1.CNC(C)(C)CC(C)(C)C. The van der Waals surface area contributed by atoms with Crippen molar-refractivity contribution in [2.24, 2.45) is 10.8 Å². The van der Waals surface area contributed by atoms with Gasteiger partial charge in [-0.25, -0.2) is 0 Å². The molecule has 1 aromatic rings. The van der Waals surface area contributed by atoms with Crippen LogP contribution in [0.3, 0.4) is 0 Å². The number of phenolic OH excluding ortho intramolecular Hbond substituents is 1. The molecule has 2 N–H and O–H groups in total. The number of likely N-dealkylation sites (tertiary alicyclic amines) is 2. The Bertz CT molecular complexity index is 698. The van der Waals surface area contributed by atoms with E-state index in [0.717, 1.165) is 38.9 Å². The van der Waals surface area contributed by atoms with Gasteiger partial charge in [-0.1, -0.05) is 32.9 Å². The lowest BCUT2D eigenvalue weighted by molar-refractivity contribution is -0.139. The van der Waals surface area contributed by atoms with Crippen molar-refractivity contribution in [1.29, 1.82) is 0 Å². The molecule has 0 bridgehead atoms. The van der Waals surface area contributed by atoms with Crippen LogP contribution in [0, 0.1) is 10.8 Å². The van der Waals surface area contributed by atoms with E-state index in [1.54, 1.807) is 12.1 Å². The smallest absolute Gasteiger partial charge is 0.209 e. The Morgan fingerprint density at radius 1 is 1.13 bits per heavy atom. The van der Waals surface area contributed by atoms with Crippen LogP contribution in [0.25, 0.3) is 0 Å². The maximum atomic E-state index is 10.9. The van der Waals surface area contributed by atoms with Gasteiger partial charge in [0.1, 0.15) is 5.75 Å². The van der Waals surface area contributed by atoms with Gasteiger partial charge in [0.15, 0.2) is 0 Å². The molecule has 176 valence electrons. The maximum Gasteiger partial charge on any atom is 0.209 e. The first-order chi connectivity index (χ1) is 14.3. The normalized spacial score (nSPS) is 21.5.